The lowest BCUT2D eigenvalue weighted by Gasteiger charge is -2.39. The molecule has 1 aliphatic heterocycles. The molecule has 1 atom stereocenters. The van der Waals surface area contributed by atoms with E-state index in [1.165, 1.54) is 23.1 Å². The Morgan fingerprint density at radius 3 is 2.66 bits per heavy atom. The lowest BCUT2D eigenvalue weighted by Crippen LogP contribution is -2.56. The van der Waals surface area contributed by atoms with Crippen LogP contribution in [0.15, 0.2) is 41.4 Å². The first-order valence-electron chi connectivity index (χ1n) is 8.96. The molecule has 10 heteroatoms. The van der Waals surface area contributed by atoms with Gasteiger partial charge in [-0.1, -0.05) is 6.08 Å². The third-order valence-electron chi connectivity index (χ3n) is 4.68. The summed E-state index contributed by atoms with van der Waals surface area (Å²) in [7, 11) is 0. The van der Waals surface area contributed by atoms with Crippen molar-refractivity contribution in [2.75, 3.05) is 31.6 Å². The number of halogens is 4. The van der Waals surface area contributed by atoms with Gasteiger partial charge in [0.25, 0.3) is 5.91 Å². The highest BCUT2D eigenvalue weighted by Gasteiger charge is 2.39. The predicted octanol–water partition coefficient (Wildman–Crippen LogP) is 2.26. The second-order valence-electron chi connectivity index (χ2n) is 6.71. The summed E-state index contributed by atoms with van der Waals surface area (Å²) in [6.07, 6.45) is -0.946. The van der Waals surface area contributed by atoms with Crippen LogP contribution in [-0.2, 0) is 9.59 Å². The fourth-order valence-electron chi connectivity index (χ4n) is 3.06. The molecule has 3 N–H and O–H groups in total. The average molecular weight is 521 g/mol. The number of nitrogens with zero attached hydrogens (tertiary/aromatic N) is 1. The molecule has 29 heavy (non-hydrogen) atoms. The van der Waals surface area contributed by atoms with E-state index in [4.69, 9.17) is 5.11 Å². The fraction of sp³-hybridized carbons (Fsp3) is 0.368. The molecule has 1 unspecified atom stereocenters. The van der Waals surface area contributed by atoms with Crippen LogP contribution in [0.2, 0.25) is 0 Å². The molecule has 2 amide bonds. The van der Waals surface area contributed by atoms with Gasteiger partial charge in [-0.15, -0.1) is 0 Å². The lowest BCUT2D eigenvalue weighted by atomic mass is 9.94. The van der Waals surface area contributed by atoms with Crippen LogP contribution in [0.1, 0.15) is 6.42 Å². The minimum absolute atomic E-state index is 0.0757. The molecular formula is C19H19F3IN3O3. The average Bonchev–Trinajstić information content (AvgIpc) is 2.64. The maximum Gasteiger partial charge on any atom is 0.255 e. The van der Waals surface area contributed by atoms with Crippen LogP contribution in [0, 0.1) is 15.3 Å². The van der Waals surface area contributed by atoms with Crippen LogP contribution in [0.5, 0.6) is 0 Å². The molecule has 1 aliphatic carbocycles. The Kier molecular flexibility index (Phi) is 6.83. The zero-order valence-electron chi connectivity index (χ0n) is 15.2. The Hall–Kier alpha value is -2.08. The zero-order chi connectivity index (χ0) is 21.1. The second kappa shape index (κ2) is 9.16. The number of benzene rings is 1. The number of hydrogen-bond donors (Lipinski definition) is 3. The molecule has 0 aromatic heterocycles. The SMILES string of the molecule is O=C(NCCO)C1CN(C(=O)C2=CCC(F)C(F)=C2Nc2ccc(I)cc2F)C1. The number of alkyl halides is 1. The van der Waals surface area contributed by atoms with E-state index in [0.717, 1.165) is 0 Å². The van der Waals surface area contributed by atoms with Crippen LogP contribution in [-0.4, -0.2) is 54.2 Å². The van der Waals surface area contributed by atoms with Gasteiger partial charge < -0.3 is 20.6 Å². The van der Waals surface area contributed by atoms with Gasteiger partial charge >= 0.3 is 0 Å². The molecule has 6 nitrogen and oxygen atoms in total. The smallest absolute Gasteiger partial charge is 0.255 e. The standard InChI is InChI=1S/C19H19F3IN3O3/c20-13-3-2-12(19(29)26-8-10(9-26)18(28)24-5-6-27)17(16(13)22)25-15-4-1-11(23)7-14(15)21/h1-2,4,7,10,13,25,27H,3,5-6,8-9H2,(H,24,28). The topological polar surface area (TPSA) is 81.7 Å². The molecule has 2 aliphatic rings. The number of anilines is 1. The van der Waals surface area contributed by atoms with Crippen LogP contribution in [0.3, 0.4) is 0 Å². The van der Waals surface area contributed by atoms with Gasteiger partial charge in [-0.25, -0.2) is 13.2 Å². The van der Waals surface area contributed by atoms with Crippen LogP contribution in [0.25, 0.3) is 0 Å². The monoisotopic (exact) mass is 521 g/mol. The molecule has 1 saturated heterocycles. The summed E-state index contributed by atoms with van der Waals surface area (Å²) in [5.41, 5.74) is -0.571. The first-order valence-corrected chi connectivity index (χ1v) is 10.0. The molecule has 1 fully saturated rings. The van der Waals surface area contributed by atoms with E-state index in [0.29, 0.717) is 3.57 Å². The zero-order valence-corrected chi connectivity index (χ0v) is 17.4. The largest absolute Gasteiger partial charge is 0.395 e. The number of aliphatic hydroxyl groups is 1. The van der Waals surface area contributed by atoms with E-state index in [9.17, 15) is 22.8 Å². The maximum absolute atomic E-state index is 14.5. The van der Waals surface area contributed by atoms with Gasteiger partial charge in [0.2, 0.25) is 5.91 Å². The van der Waals surface area contributed by atoms with Gasteiger partial charge in [0.05, 0.1) is 29.5 Å². The summed E-state index contributed by atoms with van der Waals surface area (Å²) in [4.78, 5) is 26.0. The van der Waals surface area contributed by atoms with E-state index in [1.54, 1.807) is 6.07 Å². The molecule has 1 aromatic rings. The summed E-state index contributed by atoms with van der Waals surface area (Å²) >= 11 is 1.92. The molecule has 0 saturated carbocycles. The summed E-state index contributed by atoms with van der Waals surface area (Å²) in [5, 5.41) is 13.8. The van der Waals surface area contributed by atoms with Gasteiger partial charge in [-0.3, -0.25) is 9.59 Å². The number of hydrogen-bond acceptors (Lipinski definition) is 4. The molecule has 156 valence electrons. The maximum atomic E-state index is 14.5. The van der Waals surface area contributed by atoms with E-state index in [2.05, 4.69) is 10.6 Å². The molecule has 0 radical (unpaired) electrons. The van der Waals surface area contributed by atoms with Crippen molar-refractivity contribution in [2.24, 2.45) is 5.92 Å². The van der Waals surface area contributed by atoms with Crippen LogP contribution < -0.4 is 10.6 Å². The lowest BCUT2D eigenvalue weighted by molar-refractivity contribution is -0.140. The summed E-state index contributed by atoms with van der Waals surface area (Å²) in [6, 6.07) is 4.20. The summed E-state index contributed by atoms with van der Waals surface area (Å²) in [6.45, 7) is 0.182. The van der Waals surface area contributed by atoms with Crippen molar-refractivity contribution in [3.8, 4) is 0 Å². The van der Waals surface area contributed by atoms with Crippen molar-refractivity contribution in [3.05, 3.63) is 50.8 Å². The van der Waals surface area contributed by atoms with E-state index < -0.39 is 35.3 Å². The Morgan fingerprint density at radius 1 is 1.28 bits per heavy atom. The quantitative estimate of drug-likeness (QED) is 0.502. The third-order valence-corrected chi connectivity index (χ3v) is 5.35. The van der Waals surface area contributed by atoms with Crippen molar-refractivity contribution >= 4 is 40.1 Å². The van der Waals surface area contributed by atoms with Gasteiger partial charge in [0.1, 0.15) is 5.82 Å². The van der Waals surface area contributed by atoms with Crippen molar-refractivity contribution in [3.63, 3.8) is 0 Å². The van der Waals surface area contributed by atoms with Gasteiger partial charge in [0.15, 0.2) is 12.0 Å². The fourth-order valence-corrected chi connectivity index (χ4v) is 3.52. The Labute approximate surface area is 179 Å². The van der Waals surface area contributed by atoms with Crippen molar-refractivity contribution in [2.45, 2.75) is 12.6 Å². The predicted molar refractivity (Wildman–Crippen MR) is 109 cm³/mol. The van der Waals surface area contributed by atoms with Gasteiger partial charge in [0, 0.05) is 29.6 Å². The van der Waals surface area contributed by atoms with Gasteiger partial charge in [-0.2, -0.15) is 0 Å². The summed E-state index contributed by atoms with van der Waals surface area (Å²) < 4.78 is 43.2. The number of carbonyl (C=O) groups is 2. The molecular weight excluding hydrogens is 502 g/mol. The van der Waals surface area contributed by atoms with E-state index >= 15 is 0 Å². The number of amides is 2. The number of aliphatic hydroxyl groups excluding tert-OH is 1. The Bertz CT molecular complexity index is 885. The highest BCUT2D eigenvalue weighted by Crippen LogP contribution is 2.33. The minimum atomic E-state index is -1.92. The molecule has 3 rings (SSSR count). The number of rotatable bonds is 6. The molecule has 0 spiro atoms. The Morgan fingerprint density at radius 2 is 2.00 bits per heavy atom. The van der Waals surface area contributed by atoms with E-state index in [-0.39, 0.29) is 49.8 Å². The highest BCUT2D eigenvalue weighted by molar-refractivity contribution is 14.1. The van der Waals surface area contributed by atoms with Crippen molar-refractivity contribution in [1.82, 2.24) is 10.2 Å². The van der Waals surface area contributed by atoms with Crippen molar-refractivity contribution < 1.29 is 27.9 Å². The number of allylic oxidation sites excluding steroid dienone is 2. The first kappa shape index (κ1) is 21.6. The minimum Gasteiger partial charge on any atom is -0.395 e. The number of carbonyl (C=O) groups excluding carboxylic acids is 2. The molecule has 0 bridgehead atoms. The van der Waals surface area contributed by atoms with E-state index in [1.807, 2.05) is 22.6 Å². The normalized spacial score (nSPS) is 19.6. The first-order chi connectivity index (χ1) is 13.8. The Balaban J connectivity index is 1.74. The molecule has 1 aromatic carbocycles. The van der Waals surface area contributed by atoms with Crippen LogP contribution in [0.4, 0.5) is 18.9 Å². The number of likely N-dealkylation sites (tertiary alicyclic amines) is 1. The summed E-state index contributed by atoms with van der Waals surface area (Å²) in [5.74, 6) is -3.10. The highest BCUT2D eigenvalue weighted by atomic mass is 127. The number of nitrogens with one attached hydrogen (secondary N) is 2. The second-order valence-corrected chi connectivity index (χ2v) is 7.96. The van der Waals surface area contributed by atoms with Crippen molar-refractivity contribution in [1.29, 1.82) is 0 Å². The van der Waals surface area contributed by atoms with Crippen LogP contribution >= 0.6 is 22.6 Å². The van der Waals surface area contributed by atoms with Gasteiger partial charge in [-0.05, 0) is 40.8 Å². The third kappa shape index (κ3) is 4.74. The molecule has 1 heterocycles.